The number of benzene rings is 2. The molecular formula is C16H16O. The molecule has 1 heterocycles. The van der Waals surface area contributed by atoms with Crippen molar-refractivity contribution in [1.29, 1.82) is 0 Å². The zero-order chi connectivity index (χ0) is 12.4. The van der Waals surface area contributed by atoms with Crippen molar-refractivity contribution in [2.45, 2.75) is 25.0 Å². The van der Waals surface area contributed by atoms with Crippen LogP contribution in [0.1, 0.15) is 25.0 Å². The molecule has 17 heavy (non-hydrogen) atoms. The first kappa shape index (κ1) is 9.43. The van der Waals surface area contributed by atoms with E-state index in [2.05, 4.69) is 12.1 Å². The summed E-state index contributed by atoms with van der Waals surface area (Å²) in [6.45, 7) is 0. The molecule has 0 aliphatic carbocycles. The van der Waals surface area contributed by atoms with Crippen LogP contribution in [0.4, 0.5) is 0 Å². The minimum Gasteiger partial charge on any atom is -0.364 e. The summed E-state index contributed by atoms with van der Waals surface area (Å²) in [4.78, 5) is 0. The molecule has 1 fully saturated rings. The van der Waals surface area contributed by atoms with Crippen LogP contribution in [0.5, 0.6) is 0 Å². The standard InChI is InChI=1S/C16H16O/c1-3-7-13(8-4-1)11-12-15-16(17-15)14-9-5-2-6-10-14/h1-10,15-16H,11-12H2/t15-,16+/m1/s1/i15D. The number of hydrogen-bond donors (Lipinski definition) is 0. The van der Waals surface area contributed by atoms with E-state index in [0.717, 1.165) is 18.4 Å². The Labute approximate surface area is 103 Å². The van der Waals surface area contributed by atoms with Gasteiger partial charge in [0, 0.05) is 0 Å². The lowest BCUT2D eigenvalue weighted by Gasteiger charge is -1.98. The molecule has 1 aliphatic rings. The Balaban J connectivity index is 1.62. The average Bonchev–Trinajstić information content (AvgIpc) is 3.12. The van der Waals surface area contributed by atoms with Crippen molar-refractivity contribution in [1.82, 2.24) is 0 Å². The van der Waals surface area contributed by atoms with Gasteiger partial charge in [0.1, 0.15) is 6.10 Å². The summed E-state index contributed by atoms with van der Waals surface area (Å²) >= 11 is 0. The van der Waals surface area contributed by atoms with Crippen LogP contribution >= 0.6 is 0 Å². The third-order valence-corrected chi connectivity index (χ3v) is 3.11. The van der Waals surface area contributed by atoms with Gasteiger partial charge in [0.05, 0.1) is 7.45 Å². The van der Waals surface area contributed by atoms with E-state index in [4.69, 9.17) is 6.11 Å². The topological polar surface area (TPSA) is 12.5 Å². The van der Waals surface area contributed by atoms with Gasteiger partial charge in [-0.2, -0.15) is 0 Å². The van der Waals surface area contributed by atoms with Gasteiger partial charge in [-0.25, -0.2) is 0 Å². The summed E-state index contributed by atoms with van der Waals surface area (Å²) < 4.78 is 13.8. The molecule has 1 aliphatic heterocycles. The van der Waals surface area contributed by atoms with Gasteiger partial charge in [-0.15, -0.1) is 0 Å². The van der Waals surface area contributed by atoms with Gasteiger partial charge in [0.25, 0.3) is 0 Å². The van der Waals surface area contributed by atoms with Crippen LogP contribution in [0.2, 0.25) is 0 Å². The first-order chi connectivity index (χ1) is 8.78. The third-order valence-electron chi connectivity index (χ3n) is 3.11. The van der Waals surface area contributed by atoms with E-state index in [1.165, 1.54) is 5.56 Å². The molecule has 86 valence electrons. The van der Waals surface area contributed by atoms with Gasteiger partial charge in [0.15, 0.2) is 0 Å². The predicted octanol–water partition coefficient (Wildman–Crippen LogP) is 3.76. The lowest BCUT2D eigenvalue weighted by atomic mass is 10.0. The van der Waals surface area contributed by atoms with Gasteiger partial charge in [-0.1, -0.05) is 60.7 Å². The molecule has 2 atom stereocenters. The summed E-state index contributed by atoms with van der Waals surface area (Å²) in [6.07, 6.45) is 0.865. The molecule has 3 rings (SSSR count). The molecule has 0 bridgehead atoms. The van der Waals surface area contributed by atoms with Crippen molar-refractivity contribution in [3.05, 3.63) is 71.8 Å². The number of hydrogen-bond acceptors (Lipinski definition) is 1. The SMILES string of the molecule is [2H][C@]1(CCc2ccccc2)O[C@H]1c1ccccc1. The van der Waals surface area contributed by atoms with Gasteiger partial charge < -0.3 is 4.74 Å². The second kappa shape index (κ2) is 4.72. The molecule has 2 aromatic carbocycles. The van der Waals surface area contributed by atoms with E-state index in [-0.39, 0.29) is 6.10 Å². The molecule has 0 N–H and O–H groups in total. The van der Waals surface area contributed by atoms with Crippen molar-refractivity contribution in [3.8, 4) is 0 Å². The van der Waals surface area contributed by atoms with E-state index >= 15 is 0 Å². The Kier molecular flexibility index (Phi) is 2.62. The van der Waals surface area contributed by atoms with Crippen molar-refractivity contribution >= 4 is 0 Å². The van der Waals surface area contributed by atoms with Crippen LogP contribution in [-0.2, 0) is 11.2 Å². The van der Waals surface area contributed by atoms with E-state index < -0.39 is 6.08 Å². The van der Waals surface area contributed by atoms with Crippen LogP contribution in [0, 0.1) is 0 Å². The Hall–Kier alpha value is -1.60. The Bertz CT molecular complexity index is 511. The second-order valence-electron chi connectivity index (χ2n) is 4.36. The summed E-state index contributed by atoms with van der Waals surface area (Å²) in [5.74, 6) is 0. The highest BCUT2D eigenvalue weighted by molar-refractivity contribution is 5.23. The molecule has 1 nitrogen and oxygen atoms in total. The highest BCUT2D eigenvalue weighted by Crippen LogP contribution is 2.41. The van der Waals surface area contributed by atoms with E-state index in [1.807, 2.05) is 48.5 Å². The lowest BCUT2D eigenvalue weighted by Crippen LogP contribution is -1.93. The quantitative estimate of drug-likeness (QED) is 0.722. The number of ether oxygens (including phenoxy) is 1. The van der Waals surface area contributed by atoms with Crippen LogP contribution in [0.15, 0.2) is 60.7 Å². The number of aryl methyl sites for hydroxylation is 1. The van der Waals surface area contributed by atoms with Crippen molar-refractivity contribution < 1.29 is 6.11 Å². The molecule has 1 saturated heterocycles. The first-order valence-corrected chi connectivity index (χ1v) is 6.05. The van der Waals surface area contributed by atoms with Crippen molar-refractivity contribution in [2.75, 3.05) is 0 Å². The molecule has 0 aromatic heterocycles. The monoisotopic (exact) mass is 225 g/mol. The second-order valence-corrected chi connectivity index (χ2v) is 4.36. The highest BCUT2D eigenvalue weighted by Gasteiger charge is 2.39. The van der Waals surface area contributed by atoms with Crippen molar-refractivity contribution in [3.63, 3.8) is 0 Å². The van der Waals surface area contributed by atoms with E-state index in [1.54, 1.807) is 0 Å². The molecule has 0 radical (unpaired) electrons. The molecule has 0 unspecified atom stereocenters. The fourth-order valence-electron chi connectivity index (χ4n) is 2.10. The predicted molar refractivity (Wildman–Crippen MR) is 68.8 cm³/mol. The zero-order valence-corrected chi connectivity index (χ0v) is 9.67. The summed E-state index contributed by atoms with van der Waals surface area (Å²) in [5.41, 5.74) is 2.38. The maximum Gasteiger partial charge on any atom is 0.109 e. The van der Waals surface area contributed by atoms with Crippen LogP contribution in [0.25, 0.3) is 0 Å². The maximum absolute atomic E-state index is 8.26. The number of rotatable bonds is 4. The zero-order valence-electron chi connectivity index (χ0n) is 10.7. The fraction of sp³-hybridized carbons (Fsp3) is 0.250. The lowest BCUT2D eigenvalue weighted by molar-refractivity contribution is 0.366. The fourth-order valence-corrected chi connectivity index (χ4v) is 2.10. The van der Waals surface area contributed by atoms with Gasteiger partial charge >= 0.3 is 0 Å². The number of epoxide rings is 1. The van der Waals surface area contributed by atoms with E-state index in [0.29, 0.717) is 0 Å². The summed E-state index contributed by atoms with van der Waals surface area (Å²) in [5, 5.41) is 0. The minimum atomic E-state index is -0.725. The molecule has 0 saturated carbocycles. The van der Waals surface area contributed by atoms with Crippen LogP contribution < -0.4 is 0 Å². The normalized spacial score (nSPS) is 27.5. The molecule has 0 spiro atoms. The van der Waals surface area contributed by atoms with E-state index in [9.17, 15) is 0 Å². The molecule has 0 amide bonds. The van der Waals surface area contributed by atoms with Gasteiger partial charge in [-0.3, -0.25) is 0 Å². The maximum atomic E-state index is 8.26. The molecule has 1 heteroatoms. The average molecular weight is 225 g/mol. The Morgan fingerprint density at radius 2 is 1.59 bits per heavy atom. The largest absolute Gasteiger partial charge is 0.364 e. The van der Waals surface area contributed by atoms with Crippen molar-refractivity contribution in [2.24, 2.45) is 0 Å². The summed E-state index contributed by atoms with van der Waals surface area (Å²) in [6, 6.07) is 20.3. The van der Waals surface area contributed by atoms with Crippen LogP contribution in [-0.4, -0.2) is 6.08 Å². The first-order valence-electron chi connectivity index (χ1n) is 6.55. The van der Waals surface area contributed by atoms with Gasteiger partial charge in [-0.05, 0) is 24.0 Å². The highest BCUT2D eigenvalue weighted by atomic mass is 16.6. The van der Waals surface area contributed by atoms with Crippen LogP contribution in [0.3, 0.4) is 0 Å². The van der Waals surface area contributed by atoms with Gasteiger partial charge in [0.2, 0.25) is 0 Å². The summed E-state index contributed by atoms with van der Waals surface area (Å²) in [7, 11) is 0. The molecule has 2 aromatic rings. The molecular weight excluding hydrogens is 208 g/mol. The smallest absolute Gasteiger partial charge is 0.109 e. The Morgan fingerprint density at radius 3 is 2.29 bits per heavy atom. The minimum absolute atomic E-state index is 0.0533. The third kappa shape index (κ3) is 2.56. The Morgan fingerprint density at radius 1 is 0.941 bits per heavy atom.